The number of fused-ring (bicyclic) bond motifs is 1. The molecule has 1 N–H and O–H groups in total. The van der Waals surface area contributed by atoms with Gasteiger partial charge in [-0.2, -0.15) is 0 Å². The molecule has 0 aliphatic carbocycles. The van der Waals surface area contributed by atoms with Crippen molar-refractivity contribution >= 4 is 0 Å². The number of hydrogen-bond acceptors (Lipinski definition) is 4. The molecule has 1 aliphatic rings. The zero-order chi connectivity index (χ0) is 14.4. The average Bonchev–Trinajstić information content (AvgIpc) is 2.69. The molecule has 4 heteroatoms. The van der Waals surface area contributed by atoms with E-state index in [1.54, 1.807) is 0 Å². The Morgan fingerprint density at radius 1 is 1.25 bits per heavy atom. The van der Waals surface area contributed by atoms with Crippen molar-refractivity contribution in [2.24, 2.45) is 0 Å². The van der Waals surface area contributed by atoms with E-state index in [4.69, 9.17) is 9.47 Å². The van der Waals surface area contributed by atoms with Gasteiger partial charge in [0, 0.05) is 19.0 Å². The van der Waals surface area contributed by atoms with Gasteiger partial charge < -0.3 is 19.7 Å². The first-order chi connectivity index (χ1) is 9.74. The molecule has 1 unspecified atom stereocenters. The molecule has 0 radical (unpaired) electrons. The van der Waals surface area contributed by atoms with E-state index in [2.05, 4.69) is 36.3 Å². The highest BCUT2D eigenvalue weighted by atomic mass is 16.5. The van der Waals surface area contributed by atoms with E-state index < -0.39 is 0 Å². The van der Waals surface area contributed by atoms with E-state index >= 15 is 0 Å². The monoisotopic (exact) mass is 278 g/mol. The summed E-state index contributed by atoms with van der Waals surface area (Å²) in [7, 11) is 4.17. The van der Waals surface area contributed by atoms with E-state index in [0.717, 1.165) is 44.2 Å². The molecule has 0 bridgehead atoms. The molecule has 1 heterocycles. The van der Waals surface area contributed by atoms with E-state index in [1.807, 2.05) is 13.1 Å². The molecule has 0 fully saturated rings. The van der Waals surface area contributed by atoms with Crippen LogP contribution in [0.1, 0.15) is 31.4 Å². The van der Waals surface area contributed by atoms with Gasteiger partial charge in [0.25, 0.3) is 0 Å². The Bertz CT molecular complexity index is 423. The van der Waals surface area contributed by atoms with Crippen LogP contribution in [0, 0.1) is 0 Å². The minimum Gasteiger partial charge on any atom is -0.490 e. The SMILES string of the molecule is CCCN(C)CC(NC)c1ccc2c(c1)OCCCO2. The van der Waals surface area contributed by atoms with Crippen LogP contribution < -0.4 is 14.8 Å². The predicted octanol–water partition coefficient (Wildman–Crippen LogP) is 2.45. The highest BCUT2D eigenvalue weighted by Crippen LogP contribution is 2.32. The van der Waals surface area contributed by atoms with E-state index in [0.29, 0.717) is 6.04 Å². The Balaban J connectivity index is 2.11. The second kappa shape index (κ2) is 7.50. The van der Waals surface area contributed by atoms with Crippen LogP contribution in [-0.2, 0) is 0 Å². The molecule has 0 saturated carbocycles. The molecule has 0 aromatic heterocycles. The molecular weight excluding hydrogens is 252 g/mol. The lowest BCUT2D eigenvalue weighted by Gasteiger charge is -2.24. The molecule has 0 saturated heterocycles. The van der Waals surface area contributed by atoms with Crippen molar-refractivity contribution in [3.05, 3.63) is 23.8 Å². The van der Waals surface area contributed by atoms with Gasteiger partial charge in [-0.1, -0.05) is 13.0 Å². The van der Waals surface area contributed by atoms with Crippen LogP contribution in [-0.4, -0.2) is 45.3 Å². The lowest BCUT2D eigenvalue weighted by atomic mass is 10.1. The van der Waals surface area contributed by atoms with Crippen LogP contribution in [0.3, 0.4) is 0 Å². The molecule has 0 spiro atoms. The summed E-state index contributed by atoms with van der Waals surface area (Å²) in [6, 6.07) is 6.58. The lowest BCUT2D eigenvalue weighted by molar-refractivity contribution is 0.294. The van der Waals surface area contributed by atoms with Gasteiger partial charge >= 0.3 is 0 Å². The summed E-state index contributed by atoms with van der Waals surface area (Å²) in [4.78, 5) is 2.35. The van der Waals surface area contributed by atoms with Gasteiger partial charge in [0.15, 0.2) is 11.5 Å². The van der Waals surface area contributed by atoms with E-state index in [-0.39, 0.29) is 0 Å². The number of ether oxygens (including phenoxy) is 2. The maximum Gasteiger partial charge on any atom is 0.161 e. The fourth-order valence-corrected chi connectivity index (χ4v) is 2.54. The molecule has 2 rings (SSSR count). The van der Waals surface area contributed by atoms with Crippen molar-refractivity contribution in [2.45, 2.75) is 25.8 Å². The Morgan fingerprint density at radius 3 is 2.70 bits per heavy atom. The van der Waals surface area contributed by atoms with Gasteiger partial charge in [0.2, 0.25) is 0 Å². The number of nitrogens with one attached hydrogen (secondary N) is 1. The molecule has 1 atom stereocenters. The minimum atomic E-state index is 0.309. The summed E-state index contributed by atoms with van der Waals surface area (Å²) >= 11 is 0. The van der Waals surface area contributed by atoms with Gasteiger partial charge in [-0.15, -0.1) is 0 Å². The standard InChI is InChI=1S/C16H26N2O2/c1-4-8-18(3)12-14(17-2)13-6-7-15-16(11-13)20-10-5-9-19-15/h6-7,11,14,17H,4-5,8-10,12H2,1-3H3. The van der Waals surface area contributed by atoms with Gasteiger partial charge in [-0.05, 0) is 44.8 Å². The molecule has 20 heavy (non-hydrogen) atoms. The van der Waals surface area contributed by atoms with Crippen molar-refractivity contribution in [1.29, 1.82) is 0 Å². The van der Waals surface area contributed by atoms with Crippen LogP contribution in [0.15, 0.2) is 18.2 Å². The third-order valence-corrected chi connectivity index (χ3v) is 3.62. The van der Waals surface area contributed by atoms with Crippen LogP contribution in [0.25, 0.3) is 0 Å². The van der Waals surface area contributed by atoms with Crippen molar-refractivity contribution in [2.75, 3.05) is 40.4 Å². The highest BCUT2D eigenvalue weighted by molar-refractivity contribution is 5.44. The molecule has 112 valence electrons. The number of benzene rings is 1. The quantitative estimate of drug-likeness (QED) is 0.866. The van der Waals surface area contributed by atoms with Crippen LogP contribution >= 0.6 is 0 Å². The third kappa shape index (κ3) is 3.87. The van der Waals surface area contributed by atoms with E-state index in [9.17, 15) is 0 Å². The summed E-state index contributed by atoms with van der Waals surface area (Å²) < 4.78 is 11.5. The molecular formula is C16H26N2O2. The fourth-order valence-electron chi connectivity index (χ4n) is 2.54. The second-order valence-electron chi connectivity index (χ2n) is 5.36. The smallest absolute Gasteiger partial charge is 0.161 e. The highest BCUT2D eigenvalue weighted by Gasteiger charge is 2.16. The molecule has 1 aromatic rings. The number of nitrogens with zero attached hydrogens (tertiary/aromatic N) is 1. The Morgan fingerprint density at radius 2 is 2.00 bits per heavy atom. The number of likely N-dealkylation sites (N-methyl/N-ethyl adjacent to an activating group) is 2. The molecule has 4 nitrogen and oxygen atoms in total. The summed E-state index contributed by atoms with van der Waals surface area (Å²) in [5.41, 5.74) is 1.25. The zero-order valence-corrected chi connectivity index (χ0v) is 12.8. The van der Waals surface area contributed by atoms with E-state index in [1.165, 1.54) is 12.0 Å². The fraction of sp³-hybridized carbons (Fsp3) is 0.625. The zero-order valence-electron chi connectivity index (χ0n) is 12.8. The van der Waals surface area contributed by atoms with Crippen molar-refractivity contribution in [3.63, 3.8) is 0 Å². The lowest BCUT2D eigenvalue weighted by Crippen LogP contribution is -2.31. The van der Waals surface area contributed by atoms with Gasteiger partial charge in [-0.25, -0.2) is 0 Å². The Labute approximate surface area is 122 Å². The van der Waals surface area contributed by atoms with Crippen molar-refractivity contribution < 1.29 is 9.47 Å². The molecule has 1 aliphatic heterocycles. The molecule has 1 aromatic carbocycles. The first-order valence-corrected chi connectivity index (χ1v) is 7.50. The molecule has 0 amide bonds. The maximum absolute atomic E-state index is 5.77. The summed E-state index contributed by atoms with van der Waals surface area (Å²) in [6.45, 7) is 5.78. The summed E-state index contributed by atoms with van der Waals surface area (Å²) in [5.74, 6) is 1.74. The maximum atomic E-state index is 5.77. The number of hydrogen-bond donors (Lipinski definition) is 1. The normalized spacial score (nSPS) is 16.0. The van der Waals surface area contributed by atoms with Crippen molar-refractivity contribution in [3.8, 4) is 11.5 Å². The topological polar surface area (TPSA) is 33.7 Å². The first kappa shape index (κ1) is 15.1. The third-order valence-electron chi connectivity index (χ3n) is 3.62. The summed E-state index contributed by atoms with van der Waals surface area (Å²) in [5, 5.41) is 3.39. The van der Waals surface area contributed by atoms with Crippen LogP contribution in [0.2, 0.25) is 0 Å². The largest absolute Gasteiger partial charge is 0.490 e. The van der Waals surface area contributed by atoms with Crippen molar-refractivity contribution in [1.82, 2.24) is 10.2 Å². The minimum absolute atomic E-state index is 0.309. The Kier molecular flexibility index (Phi) is 5.68. The average molecular weight is 278 g/mol. The number of rotatable bonds is 6. The summed E-state index contributed by atoms with van der Waals surface area (Å²) in [6.07, 6.45) is 2.12. The van der Waals surface area contributed by atoms with Gasteiger partial charge in [0.1, 0.15) is 0 Å². The Hall–Kier alpha value is -1.26. The van der Waals surface area contributed by atoms with Crippen LogP contribution in [0.4, 0.5) is 0 Å². The second-order valence-corrected chi connectivity index (χ2v) is 5.36. The first-order valence-electron chi connectivity index (χ1n) is 7.50. The predicted molar refractivity (Wildman–Crippen MR) is 81.6 cm³/mol. The van der Waals surface area contributed by atoms with Crippen LogP contribution in [0.5, 0.6) is 11.5 Å². The van der Waals surface area contributed by atoms with Gasteiger partial charge in [-0.3, -0.25) is 0 Å². The van der Waals surface area contributed by atoms with Gasteiger partial charge in [0.05, 0.1) is 13.2 Å².